The standard InChI is InChI=1S/C8H15BF3S.K/c1-7(2)4-5-13-6-8(3)9(10,11)12;/h7H,3-6H2,1-2H3;/q-1;+1. The van der Waals surface area contributed by atoms with E-state index in [0.717, 1.165) is 12.2 Å². The number of hydrogen-bond acceptors (Lipinski definition) is 1. The zero-order valence-corrected chi connectivity index (χ0v) is 13.0. The minimum atomic E-state index is -4.82. The van der Waals surface area contributed by atoms with Gasteiger partial charge in [0.05, 0.1) is 0 Å². The fourth-order valence-electron chi connectivity index (χ4n) is 0.617. The monoisotopic (exact) mass is 250 g/mol. The van der Waals surface area contributed by atoms with E-state index in [1.165, 1.54) is 11.8 Å². The molecule has 0 nitrogen and oxygen atoms in total. The molecule has 0 radical (unpaired) electrons. The van der Waals surface area contributed by atoms with E-state index < -0.39 is 12.4 Å². The summed E-state index contributed by atoms with van der Waals surface area (Å²) in [6.45, 7) is 2.32. The number of rotatable bonds is 6. The second-order valence-corrected chi connectivity index (χ2v) is 4.57. The van der Waals surface area contributed by atoms with E-state index in [9.17, 15) is 12.9 Å². The molecule has 0 saturated carbocycles. The molecule has 0 amide bonds. The molecule has 0 N–H and O–H groups in total. The maximum absolute atomic E-state index is 12.0. The summed E-state index contributed by atoms with van der Waals surface area (Å²) in [5, 5.41) is 0. The van der Waals surface area contributed by atoms with Crippen molar-refractivity contribution in [2.45, 2.75) is 20.3 Å². The zero-order chi connectivity index (χ0) is 10.5. The van der Waals surface area contributed by atoms with Gasteiger partial charge in [-0.25, -0.2) is 0 Å². The van der Waals surface area contributed by atoms with Crippen molar-refractivity contribution < 1.29 is 64.3 Å². The quantitative estimate of drug-likeness (QED) is 0.494. The molecule has 0 atom stereocenters. The minimum Gasteiger partial charge on any atom is -0.445 e. The van der Waals surface area contributed by atoms with Crippen molar-refractivity contribution in [3.8, 4) is 0 Å². The molecule has 0 aromatic heterocycles. The van der Waals surface area contributed by atoms with Crippen LogP contribution in [0.1, 0.15) is 20.3 Å². The number of halogens is 3. The van der Waals surface area contributed by atoms with Crippen LogP contribution >= 0.6 is 11.8 Å². The van der Waals surface area contributed by atoms with E-state index in [-0.39, 0.29) is 57.1 Å². The molecule has 0 spiro atoms. The molecule has 0 fully saturated rings. The second kappa shape index (κ2) is 8.70. The van der Waals surface area contributed by atoms with Gasteiger partial charge < -0.3 is 12.9 Å². The summed E-state index contributed by atoms with van der Waals surface area (Å²) in [5.74, 6) is 1.36. The van der Waals surface area contributed by atoms with Gasteiger partial charge in [-0.2, -0.15) is 11.8 Å². The van der Waals surface area contributed by atoms with E-state index in [4.69, 9.17) is 0 Å². The fraction of sp³-hybridized carbons (Fsp3) is 0.750. The van der Waals surface area contributed by atoms with Gasteiger partial charge in [-0.05, 0) is 23.8 Å². The molecule has 6 heteroatoms. The zero-order valence-electron chi connectivity index (χ0n) is 9.03. The van der Waals surface area contributed by atoms with Crippen molar-refractivity contribution in [1.29, 1.82) is 0 Å². The van der Waals surface area contributed by atoms with Crippen LogP contribution in [0.3, 0.4) is 0 Å². The average Bonchev–Trinajstić information content (AvgIpc) is 1.95. The summed E-state index contributed by atoms with van der Waals surface area (Å²) < 4.78 is 36.0. The molecule has 0 unspecified atom stereocenters. The molecular formula is C8H15BF3KS. The van der Waals surface area contributed by atoms with Gasteiger partial charge in [-0.3, -0.25) is 0 Å². The Kier molecular flexibility index (Phi) is 11.2. The fourth-order valence-corrected chi connectivity index (χ4v) is 1.85. The normalized spacial score (nSPS) is 11.3. The van der Waals surface area contributed by atoms with Crippen LogP contribution in [0.25, 0.3) is 0 Å². The Morgan fingerprint density at radius 2 is 1.86 bits per heavy atom. The van der Waals surface area contributed by atoms with Gasteiger partial charge in [0.2, 0.25) is 0 Å². The Balaban J connectivity index is 0. The van der Waals surface area contributed by atoms with Crippen molar-refractivity contribution in [3.05, 3.63) is 12.1 Å². The van der Waals surface area contributed by atoms with Crippen molar-refractivity contribution >= 4 is 18.7 Å². The Morgan fingerprint density at radius 1 is 1.36 bits per heavy atom. The van der Waals surface area contributed by atoms with E-state index in [1.807, 2.05) is 0 Å². The molecule has 78 valence electrons. The van der Waals surface area contributed by atoms with Crippen LogP contribution in [0.4, 0.5) is 12.9 Å². The van der Waals surface area contributed by atoms with Gasteiger partial charge >= 0.3 is 58.4 Å². The minimum absolute atomic E-state index is 0. The smallest absolute Gasteiger partial charge is 0.445 e. The molecule has 0 bridgehead atoms. The van der Waals surface area contributed by atoms with E-state index in [1.54, 1.807) is 0 Å². The summed E-state index contributed by atoms with van der Waals surface area (Å²) in [4.78, 5) is 0. The molecule has 0 rings (SSSR count). The Bertz CT molecular complexity index is 170. The summed E-state index contributed by atoms with van der Waals surface area (Å²) >= 11 is 1.31. The number of thioether (sulfide) groups is 1. The molecular weight excluding hydrogens is 235 g/mol. The van der Waals surface area contributed by atoms with Crippen LogP contribution in [0, 0.1) is 5.92 Å². The first-order valence-electron chi connectivity index (χ1n) is 4.29. The molecule has 0 aliphatic carbocycles. The predicted octanol–water partition coefficient (Wildman–Crippen LogP) is 0.712. The summed E-state index contributed by atoms with van der Waals surface area (Å²) in [6.07, 6.45) is 0.961. The predicted molar refractivity (Wildman–Crippen MR) is 55.0 cm³/mol. The summed E-state index contributed by atoms with van der Waals surface area (Å²) in [6, 6.07) is 0. The van der Waals surface area contributed by atoms with Gasteiger partial charge in [0.15, 0.2) is 0 Å². The maximum Gasteiger partial charge on any atom is 1.00 e. The average molecular weight is 250 g/mol. The van der Waals surface area contributed by atoms with Crippen molar-refractivity contribution in [2.75, 3.05) is 11.5 Å². The Hall–Kier alpha value is 1.58. The van der Waals surface area contributed by atoms with Crippen LogP contribution in [-0.4, -0.2) is 18.5 Å². The molecule has 0 saturated heterocycles. The van der Waals surface area contributed by atoms with E-state index in [0.29, 0.717) is 5.92 Å². The van der Waals surface area contributed by atoms with Crippen LogP contribution in [0.5, 0.6) is 0 Å². The van der Waals surface area contributed by atoms with Crippen LogP contribution < -0.4 is 51.4 Å². The van der Waals surface area contributed by atoms with Gasteiger partial charge in [-0.1, -0.05) is 13.8 Å². The Morgan fingerprint density at radius 3 is 2.21 bits per heavy atom. The van der Waals surface area contributed by atoms with Gasteiger partial charge in [0.1, 0.15) is 0 Å². The van der Waals surface area contributed by atoms with E-state index in [2.05, 4.69) is 20.4 Å². The van der Waals surface area contributed by atoms with Gasteiger partial charge in [0, 0.05) is 0 Å². The Labute approximate surface area is 131 Å². The largest absolute Gasteiger partial charge is 1.00 e. The molecule has 0 aliphatic heterocycles. The van der Waals surface area contributed by atoms with Crippen molar-refractivity contribution in [3.63, 3.8) is 0 Å². The molecule has 0 aromatic carbocycles. The van der Waals surface area contributed by atoms with Crippen LogP contribution in [-0.2, 0) is 0 Å². The number of hydrogen-bond donors (Lipinski definition) is 0. The van der Waals surface area contributed by atoms with Gasteiger partial charge in [-0.15, -0.1) is 12.1 Å². The van der Waals surface area contributed by atoms with Crippen LogP contribution in [0.2, 0.25) is 0 Å². The topological polar surface area (TPSA) is 0 Å². The second-order valence-electron chi connectivity index (χ2n) is 3.47. The van der Waals surface area contributed by atoms with Gasteiger partial charge in [0.25, 0.3) is 0 Å². The third kappa shape index (κ3) is 10.1. The van der Waals surface area contributed by atoms with Crippen molar-refractivity contribution in [1.82, 2.24) is 0 Å². The maximum atomic E-state index is 12.0. The molecule has 0 aliphatic rings. The third-order valence-electron chi connectivity index (χ3n) is 1.59. The molecule has 0 aromatic rings. The third-order valence-corrected chi connectivity index (χ3v) is 2.69. The summed E-state index contributed by atoms with van der Waals surface area (Å²) in [7, 11) is 0. The van der Waals surface area contributed by atoms with Crippen molar-refractivity contribution in [2.24, 2.45) is 5.92 Å². The van der Waals surface area contributed by atoms with Crippen LogP contribution in [0.15, 0.2) is 12.1 Å². The molecule has 14 heavy (non-hydrogen) atoms. The summed E-state index contributed by atoms with van der Waals surface area (Å²) in [5.41, 5.74) is -0.575. The van der Waals surface area contributed by atoms with E-state index >= 15 is 0 Å². The first-order valence-corrected chi connectivity index (χ1v) is 5.45. The first kappa shape index (κ1) is 18.0. The SMILES string of the molecule is C=C(CSCCC(C)C)[B-](F)(F)F.[K+]. The first-order chi connectivity index (χ1) is 5.84. The molecule has 0 heterocycles.